The van der Waals surface area contributed by atoms with Crippen LogP contribution in [0.15, 0.2) is 29.1 Å². The third-order valence-corrected chi connectivity index (χ3v) is 3.20. The van der Waals surface area contributed by atoms with Crippen LogP contribution in [-0.2, 0) is 0 Å². The fraction of sp³-hybridized carbons (Fsp3) is 0.214. The number of hydrogen-bond acceptors (Lipinski definition) is 4. The monoisotopic (exact) mass is 270 g/mol. The van der Waals surface area contributed by atoms with Crippen molar-refractivity contribution in [3.63, 3.8) is 0 Å². The molecule has 102 valence electrons. The summed E-state index contributed by atoms with van der Waals surface area (Å²) < 4.78 is 6.69. The molecule has 2 heterocycles. The summed E-state index contributed by atoms with van der Waals surface area (Å²) in [4.78, 5) is 19.2. The van der Waals surface area contributed by atoms with E-state index in [9.17, 15) is 4.79 Å². The van der Waals surface area contributed by atoms with Crippen LogP contribution in [0.4, 0.5) is 0 Å². The number of rotatable bonds is 2. The van der Waals surface area contributed by atoms with E-state index in [2.05, 4.69) is 15.1 Å². The number of nitrogens with one attached hydrogen (secondary N) is 1. The summed E-state index contributed by atoms with van der Waals surface area (Å²) in [6, 6.07) is 7.35. The molecule has 20 heavy (non-hydrogen) atoms. The van der Waals surface area contributed by atoms with E-state index in [0.717, 1.165) is 11.3 Å². The Bertz CT molecular complexity index is 831. The maximum absolute atomic E-state index is 12.1. The zero-order chi connectivity index (χ0) is 14.3. The largest absolute Gasteiger partial charge is 0.497 e. The number of ether oxygens (including phenoxy) is 1. The predicted molar refractivity (Wildman–Crippen MR) is 75.1 cm³/mol. The number of methoxy groups -OCH3 is 1. The van der Waals surface area contributed by atoms with Crippen LogP contribution in [0, 0.1) is 13.8 Å². The van der Waals surface area contributed by atoms with Crippen LogP contribution >= 0.6 is 0 Å². The standard InChI is InChI=1S/C14H14N4O2/c1-8-12-14(19)16-13(17-18(12)9(2)15-8)10-4-6-11(20-3)7-5-10/h4-7H,1-3H3,(H,16,17,19). The average molecular weight is 270 g/mol. The molecule has 1 N–H and O–H groups in total. The molecule has 0 saturated carbocycles. The summed E-state index contributed by atoms with van der Waals surface area (Å²) in [7, 11) is 1.61. The first-order valence-electron chi connectivity index (χ1n) is 6.21. The SMILES string of the molecule is COc1ccc(-c2nn3c(C)nc(C)c3c(=O)[nH]2)cc1. The van der Waals surface area contributed by atoms with Crippen molar-refractivity contribution >= 4 is 5.52 Å². The van der Waals surface area contributed by atoms with Gasteiger partial charge in [0.25, 0.3) is 5.56 Å². The minimum atomic E-state index is -0.191. The zero-order valence-electron chi connectivity index (χ0n) is 11.5. The molecule has 3 rings (SSSR count). The summed E-state index contributed by atoms with van der Waals surface area (Å²) >= 11 is 0. The van der Waals surface area contributed by atoms with E-state index < -0.39 is 0 Å². The van der Waals surface area contributed by atoms with E-state index in [1.54, 1.807) is 18.5 Å². The number of aromatic nitrogens is 4. The van der Waals surface area contributed by atoms with Crippen molar-refractivity contribution in [3.05, 3.63) is 46.1 Å². The summed E-state index contributed by atoms with van der Waals surface area (Å²) in [5, 5.41) is 4.44. The Balaban J connectivity index is 2.21. The van der Waals surface area contributed by atoms with Crippen LogP contribution in [0.3, 0.4) is 0 Å². The van der Waals surface area contributed by atoms with Crippen LogP contribution in [0.5, 0.6) is 5.75 Å². The molecule has 1 aromatic carbocycles. The molecule has 6 heteroatoms. The first kappa shape index (κ1) is 12.4. The Kier molecular flexibility index (Phi) is 2.78. The number of hydrogen-bond donors (Lipinski definition) is 1. The summed E-state index contributed by atoms with van der Waals surface area (Å²) in [6.07, 6.45) is 0. The van der Waals surface area contributed by atoms with Gasteiger partial charge >= 0.3 is 0 Å². The van der Waals surface area contributed by atoms with E-state index in [1.807, 2.05) is 31.2 Å². The highest BCUT2D eigenvalue weighted by molar-refractivity contribution is 5.58. The fourth-order valence-corrected chi connectivity index (χ4v) is 2.21. The lowest BCUT2D eigenvalue weighted by Gasteiger charge is -2.04. The van der Waals surface area contributed by atoms with Gasteiger partial charge in [-0.3, -0.25) is 4.79 Å². The molecule has 0 amide bonds. The van der Waals surface area contributed by atoms with Crippen LogP contribution in [0.25, 0.3) is 16.9 Å². The number of H-pyrrole nitrogens is 1. The molecule has 2 aromatic heterocycles. The first-order valence-corrected chi connectivity index (χ1v) is 6.21. The van der Waals surface area contributed by atoms with Crippen molar-refractivity contribution in [2.24, 2.45) is 0 Å². The summed E-state index contributed by atoms with van der Waals surface area (Å²) in [5.41, 5.74) is 1.79. The minimum Gasteiger partial charge on any atom is -0.497 e. The van der Waals surface area contributed by atoms with Gasteiger partial charge < -0.3 is 9.72 Å². The van der Waals surface area contributed by atoms with Gasteiger partial charge in [0.1, 0.15) is 11.6 Å². The summed E-state index contributed by atoms with van der Waals surface area (Å²) in [6.45, 7) is 3.62. The molecule has 0 bridgehead atoms. The van der Waals surface area contributed by atoms with Gasteiger partial charge in [-0.1, -0.05) is 0 Å². The molecule has 0 atom stereocenters. The Morgan fingerprint density at radius 3 is 2.55 bits per heavy atom. The highest BCUT2D eigenvalue weighted by Crippen LogP contribution is 2.18. The number of benzene rings is 1. The van der Waals surface area contributed by atoms with Crippen molar-refractivity contribution in [2.45, 2.75) is 13.8 Å². The molecular weight excluding hydrogens is 256 g/mol. The molecule has 0 saturated heterocycles. The zero-order valence-corrected chi connectivity index (χ0v) is 11.5. The molecule has 0 aliphatic heterocycles. The van der Waals surface area contributed by atoms with Crippen LogP contribution in [0.1, 0.15) is 11.5 Å². The minimum absolute atomic E-state index is 0.191. The second-order valence-electron chi connectivity index (χ2n) is 4.54. The fourth-order valence-electron chi connectivity index (χ4n) is 2.21. The van der Waals surface area contributed by atoms with Gasteiger partial charge in [-0.25, -0.2) is 9.50 Å². The van der Waals surface area contributed by atoms with E-state index in [4.69, 9.17) is 4.74 Å². The van der Waals surface area contributed by atoms with E-state index in [0.29, 0.717) is 22.9 Å². The van der Waals surface area contributed by atoms with Crippen molar-refractivity contribution in [1.29, 1.82) is 0 Å². The molecule has 0 spiro atoms. The van der Waals surface area contributed by atoms with E-state index in [-0.39, 0.29) is 5.56 Å². The lowest BCUT2D eigenvalue weighted by Crippen LogP contribution is -2.14. The lowest BCUT2D eigenvalue weighted by molar-refractivity contribution is 0.415. The molecule has 0 radical (unpaired) electrons. The third kappa shape index (κ3) is 1.85. The van der Waals surface area contributed by atoms with Crippen molar-refractivity contribution in [1.82, 2.24) is 19.6 Å². The average Bonchev–Trinajstić information content (AvgIpc) is 2.74. The number of imidazole rings is 1. The maximum atomic E-state index is 12.1. The van der Waals surface area contributed by atoms with Gasteiger partial charge in [0.05, 0.1) is 12.8 Å². The molecule has 0 fully saturated rings. The van der Waals surface area contributed by atoms with Gasteiger partial charge in [0.15, 0.2) is 11.3 Å². The number of aryl methyl sites for hydroxylation is 2. The highest BCUT2D eigenvalue weighted by atomic mass is 16.5. The Morgan fingerprint density at radius 1 is 1.20 bits per heavy atom. The van der Waals surface area contributed by atoms with Crippen molar-refractivity contribution < 1.29 is 4.74 Å². The lowest BCUT2D eigenvalue weighted by atomic mass is 10.2. The van der Waals surface area contributed by atoms with Gasteiger partial charge in [0, 0.05) is 5.56 Å². The number of aromatic amines is 1. The van der Waals surface area contributed by atoms with Crippen molar-refractivity contribution in [3.8, 4) is 17.1 Å². The Labute approximate surface area is 115 Å². The quantitative estimate of drug-likeness (QED) is 0.769. The topological polar surface area (TPSA) is 72.3 Å². The summed E-state index contributed by atoms with van der Waals surface area (Å²) in [5.74, 6) is 1.95. The van der Waals surface area contributed by atoms with Crippen LogP contribution in [0.2, 0.25) is 0 Å². The van der Waals surface area contributed by atoms with E-state index in [1.165, 1.54) is 0 Å². The van der Waals surface area contributed by atoms with Crippen LogP contribution in [-0.4, -0.2) is 26.7 Å². The molecular formula is C14H14N4O2. The Morgan fingerprint density at radius 2 is 1.90 bits per heavy atom. The predicted octanol–water partition coefficient (Wildman–Crippen LogP) is 1.71. The van der Waals surface area contributed by atoms with Crippen molar-refractivity contribution in [2.75, 3.05) is 7.11 Å². The smallest absolute Gasteiger partial charge is 0.277 e. The second-order valence-corrected chi connectivity index (χ2v) is 4.54. The molecule has 3 aromatic rings. The molecule has 0 unspecified atom stereocenters. The first-order chi connectivity index (χ1) is 9.60. The van der Waals surface area contributed by atoms with Gasteiger partial charge in [-0.05, 0) is 38.1 Å². The highest BCUT2D eigenvalue weighted by Gasteiger charge is 2.12. The van der Waals surface area contributed by atoms with Gasteiger partial charge in [-0.15, -0.1) is 5.10 Å². The van der Waals surface area contributed by atoms with Gasteiger partial charge in [0.2, 0.25) is 0 Å². The number of fused-ring (bicyclic) bond motifs is 1. The van der Waals surface area contributed by atoms with Gasteiger partial charge in [-0.2, -0.15) is 0 Å². The third-order valence-electron chi connectivity index (χ3n) is 3.20. The maximum Gasteiger partial charge on any atom is 0.277 e. The normalized spacial score (nSPS) is 10.9. The molecule has 0 aliphatic carbocycles. The van der Waals surface area contributed by atoms with Crippen LogP contribution < -0.4 is 10.3 Å². The van der Waals surface area contributed by atoms with E-state index >= 15 is 0 Å². The molecule has 0 aliphatic rings. The Hall–Kier alpha value is -2.63. The second kappa shape index (κ2) is 4.48. The number of nitrogens with zero attached hydrogens (tertiary/aromatic N) is 3. The molecule has 6 nitrogen and oxygen atoms in total.